The highest BCUT2D eigenvalue weighted by molar-refractivity contribution is 5.91. The maximum Gasteiger partial charge on any atom is 0.238 e. The number of amides is 1. The number of methoxy groups -OCH3 is 1. The van der Waals surface area contributed by atoms with Crippen molar-refractivity contribution in [3.63, 3.8) is 0 Å². The summed E-state index contributed by atoms with van der Waals surface area (Å²) in [5, 5.41) is 10.3. The topological polar surface area (TPSA) is 69.0 Å². The first-order valence-corrected chi connectivity index (χ1v) is 9.15. The normalized spacial score (nSPS) is 12.1. The van der Waals surface area contributed by atoms with Crippen LogP contribution in [0.25, 0.3) is 0 Å². The zero-order valence-corrected chi connectivity index (χ0v) is 16.4. The molecular weight excluding hydrogens is 378 g/mol. The van der Waals surface area contributed by atoms with E-state index in [-0.39, 0.29) is 23.7 Å². The van der Waals surface area contributed by atoms with E-state index in [0.717, 1.165) is 11.6 Å². The van der Waals surface area contributed by atoms with Crippen LogP contribution in [0.1, 0.15) is 42.8 Å². The molecule has 8 heteroatoms. The van der Waals surface area contributed by atoms with E-state index in [9.17, 15) is 13.6 Å². The Morgan fingerprint density at radius 1 is 1.21 bits per heavy atom. The summed E-state index contributed by atoms with van der Waals surface area (Å²) in [6, 6.07) is 11.5. The quantitative estimate of drug-likeness (QED) is 0.644. The van der Waals surface area contributed by atoms with Gasteiger partial charge in [-0.05, 0) is 35.2 Å². The molecule has 3 aromatic rings. The maximum absolute atomic E-state index is 14.7. The van der Waals surface area contributed by atoms with Gasteiger partial charge < -0.3 is 10.1 Å². The molecule has 29 heavy (non-hydrogen) atoms. The molecule has 1 unspecified atom stereocenters. The molecule has 0 aliphatic carbocycles. The zero-order valence-electron chi connectivity index (χ0n) is 16.4. The Bertz CT molecular complexity index is 987. The van der Waals surface area contributed by atoms with Crippen LogP contribution in [0.2, 0.25) is 0 Å². The van der Waals surface area contributed by atoms with E-state index < -0.39 is 12.1 Å². The van der Waals surface area contributed by atoms with Crippen LogP contribution in [0.5, 0.6) is 5.75 Å². The lowest BCUT2D eigenvalue weighted by molar-refractivity contribution is -0.115. The summed E-state index contributed by atoms with van der Waals surface area (Å²) < 4.78 is 33.6. The summed E-state index contributed by atoms with van der Waals surface area (Å²) >= 11 is 0. The molecule has 0 spiro atoms. The fourth-order valence-electron chi connectivity index (χ4n) is 2.79. The summed E-state index contributed by atoms with van der Waals surface area (Å²) in [5.74, 6) is -0.243. The molecule has 0 radical (unpaired) electrons. The van der Waals surface area contributed by atoms with Gasteiger partial charge in [-0.1, -0.05) is 38.1 Å². The average Bonchev–Trinajstić information content (AvgIpc) is 3.16. The highest BCUT2D eigenvalue weighted by Gasteiger charge is 2.20. The number of rotatable bonds is 7. The molecule has 1 atom stereocenters. The van der Waals surface area contributed by atoms with Crippen molar-refractivity contribution in [3.8, 4) is 5.75 Å². The van der Waals surface area contributed by atoms with Crippen LogP contribution >= 0.6 is 0 Å². The number of nitrogens with one attached hydrogen (secondary N) is 1. The fourth-order valence-corrected chi connectivity index (χ4v) is 2.79. The molecule has 2 aromatic carbocycles. The number of hydrogen-bond acceptors (Lipinski definition) is 4. The molecule has 6 nitrogen and oxygen atoms in total. The molecule has 152 valence electrons. The predicted octanol–water partition coefficient (Wildman–Crippen LogP) is 4.25. The first-order valence-electron chi connectivity index (χ1n) is 9.15. The average molecular weight is 400 g/mol. The van der Waals surface area contributed by atoms with E-state index in [1.807, 2.05) is 24.3 Å². The third-order valence-corrected chi connectivity index (χ3v) is 4.45. The van der Waals surface area contributed by atoms with Crippen molar-refractivity contribution in [2.24, 2.45) is 0 Å². The zero-order chi connectivity index (χ0) is 21.0. The van der Waals surface area contributed by atoms with Crippen LogP contribution in [0.15, 0.2) is 48.7 Å². The molecule has 1 amide bonds. The summed E-state index contributed by atoms with van der Waals surface area (Å²) in [6.07, 6.45) is -0.599. The van der Waals surface area contributed by atoms with Gasteiger partial charge in [-0.2, -0.15) is 5.10 Å². The molecule has 0 aliphatic rings. The molecule has 3 rings (SSSR count). The van der Waals surface area contributed by atoms with Crippen LogP contribution in [-0.4, -0.2) is 28.0 Å². The highest BCUT2D eigenvalue weighted by Crippen LogP contribution is 2.26. The second kappa shape index (κ2) is 8.81. The van der Waals surface area contributed by atoms with E-state index in [1.54, 1.807) is 0 Å². The van der Waals surface area contributed by atoms with Crippen molar-refractivity contribution < 1.29 is 18.3 Å². The smallest absolute Gasteiger partial charge is 0.238 e. The maximum atomic E-state index is 14.7. The number of anilines is 1. The van der Waals surface area contributed by atoms with Gasteiger partial charge in [-0.15, -0.1) is 9.90 Å². The van der Waals surface area contributed by atoms with E-state index in [1.165, 1.54) is 31.0 Å². The highest BCUT2D eigenvalue weighted by atomic mass is 19.1. The van der Waals surface area contributed by atoms with Gasteiger partial charge in [0.1, 0.15) is 11.6 Å². The third-order valence-electron chi connectivity index (χ3n) is 4.45. The lowest BCUT2D eigenvalue weighted by atomic mass is 10.0. The Labute approximate surface area is 167 Å². The standard InChI is InChI=1S/C21H22F2N4O2/c1-13(2)15-6-4-14(5-7-15)10-20(28)25-19-12-24-27(26-19)21(23)17-11-16(29-3)8-9-18(17)22/h4-9,11-13,21H,10H2,1-3H3,(H,25,26,28). The van der Waals surface area contributed by atoms with Gasteiger partial charge in [0, 0.05) is 5.56 Å². The lowest BCUT2D eigenvalue weighted by Gasteiger charge is -2.10. The van der Waals surface area contributed by atoms with Crippen molar-refractivity contribution in [2.75, 3.05) is 12.4 Å². The summed E-state index contributed by atoms with van der Waals surface area (Å²) in [5.41, 5.74) is 1.78. The number of carbonyl (C=O) groups excluding carboxylic acids is 1. The van der Waals surface area contributed by atoms with E-state index in [0.29, 0.717) is 16.5 Å². The number of carbonyl (C=O) groups is 1. The molecule has 0 saturated carbocycles. The minimum atomic E-state index is -1.96. The monoisotopic (exact) mass is 400 g/mol. The number of nitrogens with zero attached hydrogens (tertiary/aromatic N) is 3. The van der Waals surface area contributed by atoms with Crippen LogP contribution in [0.4, 0.5) is 14.6 Å². The molecule has 1 aromatic heterocycles. The Morgan fingerprint density at radius 3 is 2.59 bits per heavy atom. The molecule has 0 fully saturated rings. The van der Waals surface area contributed by atoms with Gasteiger partial charge in [0.05, 0.1) is 19.7 Å². The number of hydrogen-bond donors (Lipinski definition) is 1. The number of alkyl halides is 1. The number of halogens is 2. The SMILES string of the molecule is COc1ccc(F)c(C(F)n2ncc(NC(=O)Cc3ccc(C(C)C)cc3)n2)c1. The first-order chi connectivity index (χ1) is 13.9. The van der Waals surface area contributed by atoms with Crippen molar-refractivity contribution in [3.05, 3.63) is 71.2 Å². The van der Waals surface area contributed by atoms with Crippen molar-refractivity contribution in [2.45, 2.75) is 32.5 Å². The summed E-state index contributed by atoms with van der Waals surface area (Å²) in [7, 11) is 1.40. The largest absolute Gasteiger partial charge is 0.497 e. The van der Waals surface area contributed by atoms with E-state index in [4.69, 9.17) is 4.74 Å². The number of aromatic nitrogens is 3. The minimum Gasteiger partial charge on any atom is -0.497 e. The predicted molar refractivity (Wildman–Crippen MR) is 105 cm³/mol. The number of benzene rings is 2. The second-order valence-corrected chi connectivity index (χ2v) is 6.89. The van der Waals surface area contributed by atoms with Crippen LogP contribution in [0, 0.1) is 5.82 Å². The van der Waals surface area contributed by atoms with E-state index in [2.05, 4.69) is 29.4 Å². The van der Waals surface area contributed by atoms with Gasteiger partial charge in [-0.3, -0.25) is 4.79 Å². The molecular formula is C21H22F2N4O2. The van der Waals surface area contributed by atoms with Gasteiger partial charge in [-0.25, -0.2) is 8.78 Å². The minimum absolute atomic E-state index is 0.0831. The third kappa shape index (κ3) is 4.96. The number of ether oxygens (including phenoxy) is 1. The lowest BCUT2D eigenvalue weighted by Crippen LogP contribution is -2.16. The van der Waals surface area contributed by atoms with Crippen LogP contribution in [0.3, 0.4) is 0 Å². The van der Waals surface area contributed by atoms with Crippen molar-refractivity contribution >= 4 is 11.7 Å². The van der Waals surface area contributed by atoms with Crippen molar-refractivity contribution in [1.29, 1.82) is 0 Å². The fraction of sp³-hybridized carbons (Fsp3) is 0.286. The molecule has 1 heterocycles. The second-order valence-electron chi connectivity index (χ2n) is 6.89. The van der Waals surface area contributed by atoms with Crippen LogP contribution < -0.4 is 10.1 Å². The van der Waals surface area contributed by atoms with Gasteiger partial charge in [0.2, 0.25) is 12.2 Å². The van der Waals surface area contributed by atoms with Crippen molar-refractivity contribution in [1.82, 2.24) is 15.0 Å². The molecule has 0 bridgehead atoms. The summed E-state index contributed by atoms with van der Waals surface area (Å²) in [4.78, 5) is 12.9. The first kappa shape index (κ1) is 20.4. The summed E-state index contributed by atoms with van der Waals surface area (Å²) in [6.45, 7) is 4.20. The van der Waals surface area contributed by atoms with Crippen LogP contribution in [-0.2, 0) is 11.2 Å². The Hall–Kier alpha value is -3.29. The Kier molecular flexibility index (Phi) is 6.21. The Morgan fingerprint density at radius 2 is 1.93 bits per heavy atom. The molecule has 1 N–H and O–H groups in total. The van der Waals surface area contributed by atoms with E-state index >= 15 is 0 Å². The molecule has 0 saturated heterocycles. The molecule has 0 aliphatic heterocycles. The van der Waals surface area contributed by atoms with Gasteiger partial charge in [0.25, 0.3) is 0 Å². The van der Waals surface area contributed by atoms with Gasteiger partial charge in [0.15, 0.2) is 5.82 Å². The van der Waals surface area contributed by atoms with Gasteiger partial charge >= 0.3 is 0 Å². The Balaban J connectivity index is 1.66.